The van der Waals surface area contributed by atoms with Gasteiger partial charge in [0, 0.05) is 47.6 Å². The van der Waals surface area contributed by atoms with Crippen molar-refractivity contribution in [2.75, 3.05) is 19.0 Å². The molecule has 2 rings (SSSR count). The van der Waals surface area contributed by atoms with Crippen molar-refractivity contribution < 1.29 is 66.7 Å². The first-order valence-electron chi connectivity index (χ1n) is 12.9. The van der Waals surface area contributed by atoms with E-state index in [0.717, 1.165) is 46.4 Å². The summed E-state index contributed by atoms with van der Waals surface area (Å²) in [5.41, 5.74) is -0.961. The van der Waals surface area contributed by atoms with Crippen LogP contribution in [0.25, 0.3) is 0 Å². The van der Waals surface area contributed by atoms with Gasteiger partial charge in [-0.25, -0.2) is 0 Å². The van der Waals surface area contributed by atoms with Crippen LogP contribution in [0.5, 0.6) is 0 Å². The number of hydrogen-bond acceptors (Lipinski definition) is 16. The fraction of sp³-hybridized carbons (Fsp3) is 0.654. The Morgan fingerprint density at radius 3 is 2.02 bits per heavy atom. The monoisotopic (exact) mass is 630 g/mol. The van der Waals surface area contributed by atoms with Gasteiger partial charge in [-0.3, -0.25) is 28.8 Å². The van der Waals surface area contributed by atoms with Gasteiger partial charge >= 0.3 is 29.8 Å². The number of esters is 5. The van der Waals surface area contributed by atoms with Crippen LogP contribution >= 0.6 is 11.8 Å². The normalized spacial score (nSPS) is 28.3. The number of thioether (sulfide) groups is 1. The van der Waals surface area contributed by atoms with Crippen molar-refractivity contribution >= 4 is 47.5 Å². The number of amides is 1. The van der Waals surface area contributed by atoms with Gasteiger partial charge in [-0.15, -0.1) is 11.8 Å². The highest BCUT2D eigenvalue weighted by atomic mass is 32.2. The number of ether oxygens (including phenoxy) is 8. The molecule has 1 amide bonds. The van der Waals surface area contributed by atoms with Crippen LogP contribution in [0.4, 0.5) is 0 Å². The molecule has 2 heterocycles. The molecule has 0 radical (unpaired) electrons. The van der Waals surface area contributed by atoms with E-state index in [0.29, 0.717) is 0 Å². The number of nitrogens with one attached hydrogen (secondary N) is 1. The topological polar surface area (TPSA) is 212 Å². The minimum Gasteiger partial charge on any atom is -0.463 e. The van der Waals surface area contributed by atoms with Crippen molar-refractivity contribution in [2.24, 2.45) is 0 Å². The molecule has 0 saturated carbocycles. The fourth-order valence-corrected chi connectivity index (χ4v) is 5.05. The second-order valence-corrected chi connectivity index (χ2v) is 10.3. The van der Waals surface area contributed by atoms with E-state index in [1.807, 2.05) is 6.07 Å². The average Bonchev–Trinajstić information content (AvgIpc) is 2.88. The summed E-state index contributed by atoms with van der Waals surface area (Å²) in [6, 6.07) is 0.881. The smallest absolute Gasteiger partial charge is 0.307 e. The van der Waals surface area contributed by atoms with E-state index in [4.69, 9.17) is 43.2 Å². The first kappa shape index (κ1) is 35.5. The van der Waals surface area contributed by atoms with E-state index in [-0.39, 0.29) is 11.5 Å². The summed E-state index contributed by atoms with van der Waals surface area (Å²) in [5.74, 6) is -4.32. The van der Waals surface area contributed by atoms with Crippen molar-refractivity contribution in [3.8, 4) is 6.07 Å². The van der Waals surface area contributed by atoms with Gasteiger partial charge in [0.05, 0.1) is 11.8 Å². The van der Waals surface area contributed by atoms with Crippen LogP contribution in [0, 0.1) is 11.3 Å². The molecule has 0 aromatic heterocycles. The van der Waals surface area contributed by atoms with Gasteiger partial charge in [-0.1, -0.05) is 0 Å². The second-order valence-electron chi connectivity index (χ2n) is 9.25. The lowest BCUT2D eigenvalue weighted by Gasteiger charge is -2.47. The molecule has 0 aromatic carbocycles. The minimum absolute atomic E-state index is 0.0683. The van der Waals surface area contributed by atoms with Gasteiger partial charge in [0.1, 0.15) is 42.7 Å². The molecular weight excluding hydrogens is 596 g/mol. The van der Waals surface area contributed by atoms with Crippen LogP contribution in [0.3, 0.4) is 0 Å². The third-order valence-corrected chi connectivity index (χ3v) is 6.62. The van der Waals surface area contributed by atoms with Crippen LogP contribution in [0.15, 0.2) is 11.8 Å². The van der Waals surface area contributed by atoms with E-state index in [9.17, 15) is 28.8 Å². The van der Waals surface area contributed by atoms with Gasteiger partial charge in [0.15, 0.2) is 24.6 Å². The van der Waals surface area contributed by atoms with Crippen LogP contribution < -0.4 is 5.32 Å². The Hall–Kier alpha value is -3.72. The van der Waals surface area contributed by atoms with Gasteiger partial charge in [-0.05, 0) is 0 Å². The van der Waals surface area contributed by atoms with E-state index >= 15 is 0 Å². The molecule has 1 saturated heterocycles. The van der Waals surface area contributed by atoms with Crippen LogP contribution in [0.2, 0.25) is 0 Å². The Balaban J connectivity index is 2.59. The SMILES string of the molecule is CC(=O)NC1C(SCC#N)OC(COC(C)=O)C(OC2OC(COC(C)=O)C(OC(C)=O)=CC2OC(C)=O)C1OC(C)=O. The lowest BCUT2D eigenvalue weighted by atomic mass is 9.97. The predicted molar refractivity (Wildman–Crippen MR) is 142 cm³/mol. The molecule has 1 fully saturated rings. The summed E-state index contributed by atoms with van der Waals surface area (Å²) in [7, 11) is 0. The Bertz CT molecular complexity index is 1140. The number of rotatable bonds is 12. The van der Waals surface area contributed by atoms with E-state index in [2.05, 4.69) is 5.32 Å². The van der Waals surface area contributed by atoms with Crippen LogP contribution in [0.1, 0.15) is 41.5 Å². The van der Waals surface area contributed by atoms with Crippen molar-refractivity contribution in [1.82, 2.24) is 5.32 Å². The molecule has 2 aliphatic rings. The molecule has 0 aliphatic carbocycles. The number of nitriles is 1. The highest BCUT2D eigenvalue weighted by Crippen LogP contribution is 2.35. The number of carbonyl (C=O) groups is 6. The summed E-state index contributed by atoms with van der Waals surface area (Å²) < 4.78 is 44.6. The highest BCUT2D eigenvalue weighted by molar-refractivity contribution is 8.00. The maximum absolute atomic E-state index is 12.2. The van der Waals surface area contributed by atoms with Crippen molar-refractivity contribution in [1.29, 1.82) is 5.26 Å². The molecule has 0 spiro atoms. The van der Waals surface area contributed by atoms with Gasteiger partial charge in [0.2, 0.25) is 5.91 Å². The summed E-state index contributed by atoms with van der Waals surface area (Å²) in [4.78, 5) is 71.3. The standard InChI is InChI=1S/C26H34N2O14S/c1-12(29)28-22-24(39-17(6)34)23(21(11-36-14(3)31)41-26(22)43-8-7-27)42-25-19(38-16(5)33)9-18(37-15(4)32)20(40-25)10-35-13(2)30/h9,19-26H,8,10-11H2,1-6H3,(H,28,29). The second kappa shape index (κ2) is 16.8. The molecule has 8 atom stereocenters. The summed E-state index contributed by atoms with van der Waals surface area (Å²) in [6.45, 7) is 6.06. The molecule has 43 heavy (non-hydrogen) atoms. The molecule has 1 N–H and O–H groups in total. The van der Waals surface area contributed by atoms with Crippen molar-refractivity contribution in [3.05, 3.63) is 11.8 Å². The average molecular weight is 631 g/mol. The fourth-order valence-electron chi connectivity index (χ4n) is 4.16. The maximum Gasteiger partial charge on any atom is 0.307 e. The summed E-state index contributed by atoms with van der Waals surface area (Å²) in [5, 5.41) is 11.8. The minimum atomic E-state index is -1.52. The predicted octanol–water partition coefficient (Wildman–Crippen LogP) is 0.0195. The molecule has 2 aliphatic heterocycles. The Morgan fingerprint density at radius 2 is 1.49 bits per heavy atom. The molecule has 238 valence electrons. The Labute approximate surface area is 251 Å². The third-order valence-electron chi connectivity index (χ3n) is 5.59. The van der Waals surface area contributed by atoms with Crippen LogP contribution in [-0.4, -0.2) is 103 Å². The van der Waals surface area contributed by atoms with Gasteiger partial charge < -0.3 is 43.2 Å². The molecule has 0 aromatic rings. The number of nitrogens with zero attached hydrogens (tertiary/aromatic N) is 1. The molecule has 17 heteroatoms. The number of carbonyl (C=O) groups excluding carboxylic acids is 6. The third kappa shape index (κ3) is 11.5. The van der Waals surface area contributed by atoms with Gasteiger partial charge in [0.25, 0.3) is 0 Å². The summed E-state index contributed by atoms with van der Waals surface area (Å²) >= 11 is 0.997. The highest BCUT2D eigenvalue weighted by Gasteiger charge is 2.52. The maximum atomic E-state index is 12.2. The van der Waals surface area contributed by atoms with E-state index < -0.39 is 97.3 Å². The largest absolute Gasteiger partial charge is 0.463 e. The molecule has 0 bridgehead atoms. The first-order chi connectivity index (χ1) is 20.2. The first-order valence-corrected chi connectivity index (χ1v) is 14.0. The zero-order chi connectivity index (χ0) is 32.3. The lowest BCUT2D eigenvalue weighted by Crippen LogP contribution is -2.66. The Morgan fingerprint density at radius 1 is 0.860 bits per heavy atom. The van der Waals surface area contributed by atoms with Crippen molar-refractivity contribution in [3.63, 3.8) is 0 Å². The lowest BCUT2D eigenvalue weighted by molar-refractivity contribution is -0.289. The zero-order valence-corrected chi connectivity index (χ0v) is 25.2. The van der Waals surface area contributed by atoms with Crippen LogP contribution in [-0.2, 0) is 66.7 Å². The molecule has 16 nitrogen and oxygen atoms in total. The molecular formula is C26H34N2O14S. The van der Waals surface area contributed by atoms with E-state index in [1.54, 1.807) is 0 Å². The summed E-state index contributed by atoms with van der Waals surface area (Å²) in [6.07, 6.45) is -6.66. The molecule has 8 unspecified atom stereocenters. The van der Waals surface area contributed by atoms with E-state index in [1.165, 1.54) is 13.0 Å². The van der Waals surface area contributed by atoms with Gasteiger partial charge in [-0.2, -0.15) is 5.26 Å². The quantitative estimate of drug-likeness (QED) is 0.222. The van der Waals surface area contributed by atoms with Crippen molar-refractivity contribution in [2.45, 2.75) is 89.8 Å². The Kier molecular flexibility index (Phi) is 13.9. The zero-order valence-electron chi connectivity index (χ0n) is 24.4. The number of hydrogen-bond donors (Lipinski definition) is 1.